The zero-order valence-electron chi connectivity index (χ0n) is 14.2. The lowest BCUT2D eigenvalue weighted by molar-refractivity contribution is -0.384. The molecule has 1 N–H and O–H groups in total. The number of non-ortho nitro benzene ring substituents is 1. The lowest BCUT2D eigenvalue weighted by Crippen LogP contribution is -2.27. The Labute approximate surface area is 155 Å². The van der Waals surface area contributed by atoms with Crippen molar-refractivity contribution in [2.24, 2.45) is 0 Å². The molecule has 0 bridgehead atoms. The van der Waals surface area contributed by atoms with Crippen molar-refractivity contribution < 1.29 is 19.2 Å². The Balaban J connectivity index is 2.27. The first-order valence-corrected chi connectivity index (χ1v) is 8.22. The Morgan fingerprint density at radius 3 is 2.38 bits per heavy atom. The van der Waals surface area contributed by atoms with Gasteiger partial charge in [-0.1, -0.05) is 23.7 Å². The van der Waals surface area contributed by atoms with E-state index in [1.807, 2.05) is 0 Å². The molecule has 2 aromatic rings. The summed E-state index contributed by atoms with van der Waals surface area (Å²) in [5, 5.41) is 14.4. The predicted molar refractivity (Wildman–Crippen MR) is 96.4 cm³/mol. The number of carbonyl (C=O) groups is 2. The van der Waals surface area contributed by atoms with Crippen molar-refractivity contribution in [3.05, 3.63) is 74.3 Å². The standard InChI is InChI=1S/C18H17ClN2O5/c1-3-26-18(23)14-8-13(9-16(10-14)21(24)25)17(22)20-11(2)12-4-6-15(19)7-5-12/h4-11H,3H2,1-2H3,(H,20,22)/t11-/m1/s1. The van der Waals surface area contributed by atoms with Gasteiger partial charge in [0.15, 0.2) is 0 Å². The minimum atomic E-state index is -0.726. The molecule has 7 nitrogen and oxygen atoms in total. The molecule has 0 unspecified atom stereocenters. The van der Waals surface area contributed by atoms with Crippen molar-refractivity contribution in [3.8, 4) is 0 Å². The van der Waals surface area contributed by atoms with E-state index in [1.165, 1.54) is 6.07 Å². The van der Waals surface area contributed by atoms with Crippen molar-refractivity contribution in [3.63, 3.8) is 0 Å². The maximum atomic E-state index is 12.5. The average Bonchev–Trinajstić information content (AvgIpc) is 2.61. The maximum absolute atomic E-state index is 12.5. The van der Waals surface area contributed by atoms with Gasteiger partial charge >= 0.3 is 5.97 Å². The molecule has 0 radical (unpaired) electrons. The molecule has 0 fully saturated rings. The van der Waals surface area contributed by atoms with Crippen LogP contribution in [0.3, 0.4) is 0 Å². The summed E-state index contributed by atoms with van der Waals surface area (Å²) in [6.45, 7) is 3.51. The highest BCUT2D eigenvalue weighted by Gasteiger charge is 2.20. The first kappa shape index (κ1) is 19.4. The van der Waals surface area contributed by atoms with E-state index in [0.717, 1.165) is 17.7 Å². The van der Waals surface area contributed by atoms with E-state index in [9.17, 15) is 19.7 Å². The van der Waals surface area contributed by atoms with Crippen molar-refractivity contribution in [2.45, 2.75) is 19.9 Å². The third-order valence-electron chi connectivity index (χ3n) is 3.62. The smallest absolute Gasteiger partial charge is 0.338 e. The highest BCUT2D eigenvalue weighted by atomic mass is 35.5. The molecule has 0 spiro atoms. The van der Waals surface area contributed by atoms with Crippen LogP contribution < -0.4 is 5.32 Å². The zero-order valence-corrected chi connectivity index (χ0v) is 14.9. The Bertz CT molecular complexity index is 836. The molecule has 26 heavy (non-hydrogen) atoms. The van der Waals surface area contributed by atoms with E-state index in [-0.39, 0.29) is 29.5 Å². The normalized spacial score (nSPS) is 11.5. The summed E-state index contributed by atoms with van der Waals surface area (Å²) in [5.74, 6) is -1.27. The van der Waals surface area contributed by atoms with Crippen molar-refractivity contribution in [1.82, 2.24) is 5.32 Å². The third kappa shape index (κ3) is 4.80. The SMILES string of the molecule is CCOC(=O)c1cc(C(=O)N[C@H](C)c2ccc(Cl)cc2)cc([N+](=O)[O-])c1. The number of hydrogen-bond acceptors (Lipinski definition) is 5. The van der Waals surface area contributed by atoms with Gasteiger partial charge in [-0.2, -0.15) is 0 Å². The van der Waals surface area contributed by atoms with Gasteiger partial charge in [0.25, 0.3) is 11.6 Å². The van der Waals surface area contributed by atoms with Crippen LogP contribution in [-0.2, 0) is 4.74 Å². The molecular weight excluding hydrogens is 360 g/mol. The average molecular weight is 377 g/mol. The number of esters is 1. The van der Waals surface area contributed by atoms with Crippen LogP contribution in [0.1, 0.15) is 46.2 Å². The van der Waals surface area contributed by atoms with E-state index >= 15 is 0 Å². The van der Waals surface area contributed by atoms with Crippen LogP contribution in [0.15, 0.2) is 42.5 Å². The molecule has 1 amide bonds. The number of amides is 1. The van der Waals surface area contributed by atoms with E-state index in [1.54, 1.807) is 38.1 Å². The van der Waals surface area contributed by atoms with Crippen LogP contribution in [0.4, 0.5) is 5.69 Å². The molecule has 8 heteroatoms. The Kier molecular flexibility index (Phi) is 6.30. The maximum Gasteiger partial charge on any atom is 0.338 e. The highest BCUT2D eigenvalue weighted by molar-refractivity contribution is 6.30. The van der Waals surface area contributed by atoms with Crippen molar-refractivity contribution >= 4 is 29.2 Å². The van der Waals surface area contributed by atoms with E-state index in [4.69, 9.17) is 16.3 Å². The van der Waals surface area contributed by atoms with Crippen molar-refractivity contribution in [2.75, 3.05) is 6.61 Å². The molecule has 0 aliphatic carbocycles. The number of hydrogen-bond donors (Lipinski definition) is 1. The van der Waals surface area contributed by atoms with Crippen LogP contribution in [-0.4, -0.2) is 23.4 Å². The molecule has 0 aromatic heterocycles. The lowest BCUT2D eigenvalue weighted by atomic mass is 10.1. The Morgan fingerprint density at radius 2 is 1.81 bits per heavy atom. The fourth-order valence-electron chi connectivity index (χ4n) is 2.29. The van der Waals surface area contributed by atoms with Crippen LogP contribution >= 0.6 is 11.6 Å². The van der Waals surface area contributed by atoms with Gasteiger partial charge in [0.05, 0.1) is 23.1 Å². The quantitative estimate of drug-likeness (QED) is 0.468. The van der Waals surface area contributed by atoms with Crippen LogP contribution in [0.2, 0.25) is 5.02 Å². The largest absolute Gasteiger partial charge is 0.462 e. The van der Waals surface area contributed by atoms with E-state index in [2.05, 4.69) is 5.32 Å². The minimum absolute atomic E-state index is 0.00284. The number of benzene rings is 2. The minimum Gasteiger partial charge on any atom is -0.462 e. The molecular formula is C18H17ClN2O5. The number of carbonyl (C=O) groups excluding carboxylic acids is 2. The predicted octanol–water partition coefficient (Wildman–Crippen LogP) is 3.92. The summed E-state index contributed by atoms with van der Waals surface area (Å²) in [6.07, 6.45) is 0. The number of nitrogens with one attached hydrogen (secondary N) is 1. The molecule has 0 saturated heterocycles. The zero-order chi connectivity index (χ0) is 19.3. The molecule has 1 atom stereocenters. The van der Waals surface area contributed by atoms with Gasteiger partial charge in [-0.15, -0.1) is 0 Å². The van der Waals surface area contributed by atoms with Gasteiger partial charge < -0.3 is 10.1 Å². The molecule has 136 valence electrons. The molecule has 0 saturated carbocycles. The van der Waals surface area contributed by atoms with Gasteiger partial charge in [0, 0.05) is 22.7 Å². The Hall–Kier alpha value is -2.93. The van der Waals surface area contributed by atoms with Crippen LogP contribution in [0.5, 0.6) is 0 Å². The summed E-state index contributed by atoms with van der Waals surface area (Å²) in [7, 11) is 0. The lowest BCUT2D eigenvalue weighted by Gasteiger charge is -2.15. The van der Waals surface area contributed by atoms with Gasteiger partial charge in [0.2, 0.25) is 0 Å². The van der Waals surface area contributed by atoms with Gasteiger partial charge in [-0.05, 0) is 37.6 Å². The molecule has 2 rings (SSSR count). The van der Waals surface area contributed by atoms with E-state index in [0.29, 0.717) is 5.02 Å². The number of nitro benzene ring substituents is 1. The molecule has 2 aromatic carbocycles. The molecule has 0 aliphatic rings. The summed E-state index contributed by atoms with van der Waals surface area (Å²) in [5.41, 5.74) is 0.409. The van der Waals surface area contributed by atoms with Crippen LogP contribution in [0.25, 0.3) is 0 Å². The Morgan fingerprint density at radius 1 is 1.19 bits per heavy atom. The highest BCUT2D eigenvalue weighted by Crippen LogP contribution is 2.20. The number of rotatable bonds is 6. The first-order chi connectivity index (χ1) is 12.3. The second-order valence-corrected chi connectivity index (χ2v) is 5.93. The monoisotopic (exact) mass is 376 g/mol. The summed E-state index contributed by atoms with van der Waals surface area (Å²) in [6, 6.07) is 10.1. The number of nitrogens with zero attached hydrogens (tertiary/aromatic N) is 1. The fourth-order valence-corrected chi connectivity index (χ4v) is 2.42. The first-order valence-electron chi connectivity index (χ1n) is 7.84. The summed E-state index contributed by atoms with van der Waals surface area (Å²) < 4.78 is 4.85. The van der Waals surface area contributed by atoms with E-state index < -0.39 is 16.8 Å². The fraction of sp³-hybridized carbons (Fsp3) is 0.222. The third-order valence-corrected chi connectivity index (χ3v) is 3.87. The van der Waals surface area contributed by atoms with Crippen LogP contribution in [0, 0.1) is 10.1 Å². The second-order valence-electron chi connectivity index (χ2n) is 5.49. The second kappa shape index (κ2) is 8.44. The molecule has 0 aliphatic heterocycles. The topological polar surface area (TPSA) is 98.5 Å². The van der Waals surface area contributed by atoms with Gasteiger partial charge in [-0.3, -0.25) is 14.9 Å². The number of nitro groups is 1. The molecule has 0 heterocycles. The number of ether oxygens (including phenoxy) is 1. The van der Waals surface area contributed by atoms with Crippen molar-refractivity contribution in [1.29, 1.82) is 0 Å². The number of halogens is 1. The summed E-state index contributed by atoms with van der Waals surface area (Å²) >= 11 is 5.84. The van der Waals surface area contributed by atoms with Gasteiger partial charge in [0.1, 0.15) is 0 Å². The van der Waals surface area contributed by atoms with Gasteiger partial charge in [-0.25, -0.2) is 4.79 Å². The summed E-state index contributed by atoms with van der Waals surface area (Å²) in [4.78, 5) is 34.8.